The van der Waals surface area contributed by atoms with Crippen LogP contribution in [0, 0.1) is 20.6 Å². The van der Waals surface area contributed by atoms with Gasteiger partial charge in [0.2, 0.25) is 0 Å². The van der Waals surface area contributed by atoms with E-state index in [4.69, 9.17) is 0 Å². The lowest BCUT2D eigenvalue weighted by atomic mass is 10.1. The topological polar surface area (TPSA) is 95.7 Å². The van der Waals surface area contributed by atoms with Gasteiger partial charge in [0.1, 0.15) is 0 Å². The van der Waals surface area contributed by atoms with Gasteiger partial charge >= 0.3 is 0 Å². The standard InChI is InChI=1S/C18H18IN3O4/c1-11-8-12(19)2-4-16(11)20-17-5-3-13(22(25)26)9-15(17)18(24)21-7-6-14(23)10-21/h2-5,8-9,14,20,23H,6-7,10H2,1H3. The fourth-order valence-corrected chi connectivity index (χ4v) is 3.59. The molecule has 0 saturated carbocycles. The number of aryl methyl sites for hydroxylation is 1. The SMILES string of the molecule is Cc1cc(I)ccc1Nc1ccc([N+](=O)[O-])cc1C(=O)N1CCC(O)C1. The number of benzene rings is 2. The largest absolute Gasteiger partial charge is 0.391 e. The molecule has 1 atom stereocenters. The van der Waals surface area contributed by atoms with Crippen LogP contribution < -0.4 is 5.32 Å². The number of aliphatic hydroxyl groups is 1. The van der Waals surface area contributed by atoms with Gasteiger partial charge in [0.25, 0.3) is 11.6 Å². The Kier molecular flexibility index (Phi) is 5.42. The zero-order valence-corrected chi connectivity index (χ0v) is 16.3. The summed E-state index contributed by atoms with van der Waals surface area (Å²) in [7, 11) is 0. The van der Waals surface area contributed by atoms with Crippen molar-refractivity contribution in [2.45, 2.75) is 19.4 Å². The van der Waals surface area contributed by atoms with Crippen LogP contribution in [-0.2, 0) is 0 Å². The Morgan fingerprint density at radius 2 is 2.04 bits per heavy atom. The maximum Gasteiger partial charge on any atom is 0.270 e. The number of rotatable bonds is 4. The number of halogens is 1. The van der Waals surface area contributed by atoms with E-state index in [1.165, 1.54) is 17.0 Å². The smallest absolute Gasteiger partial charge is 0.270 e. The molecule has 1 fully saturated rings. The average molecular weight is 467 g/mol. The summed E-state index contributed by atoms with van der Waals surface area (Å²) in [6, 6.07) is 10.1. The number of amides is 1. The fourth-order valence-electron chi connectivity index (χ4n) is 2.94. The highest BCUT2D eigenvalue weighted by Crippen LogP contribution is 2.29. The number of aliphatic hydroxyl groups excluding tert-OH is 1. The molecule has 136 valence electrons. The van der Waals surface area contributed by atoms with Gasteiger partial charge < -0.3 is 15.3 Å². The maximum absolute atomic E-state index is 12.9. The van der Waals surface area contributed by atoms with Gasteiger partial charge in [-0.05, 0) is 65.8 Å². The lowest BCUT2D eigenvalue weighted by Gasteiger charge is -2.19. The molecule has 7 nitrogen and oxygen atoms in total. The van der Waals surface area contributed by atoms with Crippen LogP contribution in [0.15, 0.2) is 36.4 Å². The lowest BCUT2D eigenvalue weighted by Crippen LogP contribution is -2.30. The van der Waals surface area contributed by atoms with Crippen LogP contribution in [0.25, 0.3) is 0 Å². The number of hydrogen-bond acceptors (Lipinski definition) is 5. The van der Waals surface area contributed by atoms with Crippen molar-refractivity contribution in [2.24, 2.45) is 0 Å². The molecule has 1 unspecified atom stereocenters. The molecular weight excluding hydrogens is 449 g/mol. The van der Waals surface area contributed by atoms with Gasteiger partial charge in [-0.15, -0.1) is 0 Å². The number of carbonyl (C=O) groups excluding carboxylic acids is 1. The van der Waals surface area contributed by atoms with E-state index in [1.807, 2.05) is 25.1 Å². The number of nitro groups is 1. The summed E-state index contributed by atoms with van der Waals surface area (Å²) in [5, 5.41) is 24.0. The quantitative estimate of drug-likeness (QED) is 0.408. The molecule has 2 aromatic rings. The second kappa shape index (κ2) is 7.58. The molecule has 8 heteroatoms. The van der Waals surface area contributed by atoms with Gasteiger partial charge in [-0.2, -0.15) is 0 Å². The molecule has 3 rings (SSSR count). The van der Waals surface area contributed by atoms with Crippen molar-refractivity contribution in [3.8, 4) is 0 Å². The lowest BCUT2D eigenvalue weighted by molar-refractivity contribution is -0.384. The molecule has 0 spiro atoms. The number of hydrogen-bond donors (Lipinski definition) is 2. The number of non-ortho nitro benzene ring substituents is 1. The van der Waals surface area contributed by atoms with Crippen LogP contribution in [0.3, 0.4) is 0 Å². The molecular formula is C18H18IN3O4. The number of carbonyl (C=O) groups is 1. The van der Waals surface area contributed by atoms with Gasteiger partial charge in [-0.1, -0.05) is 0 Å². The van der Waals surface area contributed by atoms with E-state index in [2.05, 4.69) is 27.9 Å². The van der Waals surface area contributed by atoms with Crippen molar-refractivity contribution in [2.75, 3.05) is 18.4 Å². The maximum atomic E-state index is 12.9. The zero-order valence-electron chi connectivity index (χ0n) is 14.1. The summed E-state index contributed by atoms with van der Waals surface area (Å²) < 4.78 is 1.09. The summed E-state index contributed by atoms with van der Waals surface area (Å²) in [5.41, 5.74) is 2.43. The second-order valence-electron chi connectivity index (χ2n) is 6.26. The third kappa shape index (κ3) is 3.96. The number of nitro benzene ring substituents is 1. The fraction of sp³-hybridized carbons (Fsp3) is 0.278. The summed E-state index contributed by atoms with van der Waals surface area (Å²) in [6.45, 7) is 2.63. The molecule has 26 heavy (non-hydrogen) atoms. The first-order valence-corrected chi connectivity index (χ1v) is 9.22. The van der Waals surface area contributed by atoms with E-state index in [0.717, 1.165) is 14.8 Å². The summed E-state index contributed by atoms with van der Waals surface area (Å²) in [6.07, 6.45) is -0.0351. The predicted molar refractivity (Wildman–Crippen MR) is 107 cm³/mol. The zero-order chi connectivity index (χ0) is 18.8. The van der Waals surface area contributed by atoms with Crippen LogP contribution in [0.1, 0.15) is 22.3 Å². The average Bonchev–Trinajstić information content (AvgIpc) is 3.03. The van der Waals surface area contributed by atoms with E-state index in [0.29, 0.717) is 18.7 Å². The molecule has 0 bridgehead atoms. The molecule has 1 aliphatic heterocycles. The Labute approximate surface area is 164 Å². The monoisotopic (exact) mass is 467 g/mol. The van der Waals surface area contributed by atoms with Crippen LogP contribution >= 0.6 is 22.6 Å². The van der Waals surface area contributed by atoms with Crippen LogP contribution in [0.2, 0.25) is 0 Å². The second-order valence-corrected chi connectivity index (χ2v) is 7.51. The molecule has 1 aliphatic rings. The van der Waals surface area contributed by atoms with Crippen LogP contribution in [0.4, 0.5) is 17.1 Å². The van der Waals surface area contributed by atoms with Gasteiger partial charge in [-0.25, -0.2) is 0 Å². The minimum Gasteiger partial charge on any atom is -0.391 e. The Balaban J connectivity index is 1.98. The number of nitrogens with zero attached hydrogens (tertiary/aromatic N) is 2. The normalized spacial score (nSPS) is 16.6. The highest BCUT2D eigenvalue weighted by molar-refractivity contribution is 14.1. The summed E-state index contributed by atoms with van der Waals surface area (Å²) in [5.74, 6) is -0.323. The van der Waals surface area contributed by atoms with Crippen molar-refractivity contribution in [1.29, 1.82) is 0 Å². The van der Waals surface area contributed by atoms with Gasteiger partial charge in [-0.3, -0.25) is 14.9 Å². The third-order valence-electron chi connectivity index (χ3n) is 4.35. The minimum atomic E-state index is -0.549. The highest BCUT2D eigenvalue weighted by Gasteiger charge is 2.28. The van der Waals surface area contributed by atoms with Gasteiger partial charge in [0, 0.05) is 34.5 Å². The first-order valence-electron chi connectivity index (χ1n) is 8.14. The molecule has 1 amide bonds. The Bertz CT molecular complexity index is 872. The minimum absolute atomic E-state index is 0.141. The Hall–Kier alpha value is -2.20. The van der Waals surface area contributed by atoms with Crippen molar-refractivity contribution >= 4 is 45.6 Å². The first-order chi connectivity index (χ1) is 12.3. The van der Waals surface area contributed by atoms with E-state index in [-0.39, 0.29) is 23.7 Å². The number of anilines is 2. The van der Waals surface area contributed by atoms with E-state index in [9.17, 15) is 20.0 Å². The molecule has 1 saturated heterocycles. The Morgan fingerprint density at radius 1 is 1.31 bits per heavy atom. The molecule has 2 N–H and O–H groups in total. The number of β-amino-alcohol motifs (C(OH)–C–C–N with tert-alkyl or cyclic N) is 1. The van der Waals surface area contributed by atoms with Crippen molar-refractivity contribution in [1.82, 2.24) is 4.90 Å². The van der Waals surface area contributed by atoms with Crippen molar-refractivity contribution < 1.29 is 14.8 Å². The highest BCUT2D eigenvalue weighted by atomic mass is 127. The van der Waals surface area contributed by atoms with Crippen molar-refractivity contribution in [3.63, 3.8) is 0 Å². The van der Waals surface area contributed by atoms with Crippen LogP contribution in [0.5, 0.6) is 0 Å². The van der Waals surface area contributed by atoms with Gasteiger partial charge in [0.15, 0.2) is 0 Å². The summed E-state index contributed by atoms with van der Waals surface area (Å²) in [4.78, 5) is 25.0. The third-order valence-corrected chi connectivity index (χ3v) is 5.02. The van der Waals surface area contributed by atoms with Gasteiger partial charge in [0.05, 0.1) is 22.3 Å². The van der Waals surface area contributed by atoms with E-state index < -0.39 is 11.0 Å². The molecule has 0 aliphatic carbocycles. The predicted octanol–water partition coefficient (Wildman–Crippen LogP) is 3.46. The molecule has 2 aromatic carbocycles. The van der Waals surface area contributed by atoms with E-state index >= 15 is 0 Å². The van der Waals surface area contributed by atoms with Crippen LogP contribution in [-0.4, -0.2) is 40.0 Å². The number of nitrogens with one attached hydrogen (secondary N) is 1. The van der Waals surface area contributed by atoms with Crippen molar-refractivity contribution in [3.05, 3.63) is 61.2 Å². The van der Waals surface area contributed by atoms with E-state index in [1.54, 1.807) is 6.07 Å². The summed E-state index contributed by atoms with van der Waals surface area (Å²) >= 11 is 2.22. The first kappa shape index (κ1) is 18.6. The molecule has 1 heterocycles. The molecule has 0 radical (unpaired) electrons. The molecule has 0 aromatic heterocycles. The number of likely N-dealkylation sites (tertiary alicyclic amines) is 1. The Morgan fingerprint density at radius 3 is 2.65 bits per heavy atom.